The van der Waals surface area contributed by atoms with Crippen LogP contribution in [0.5, 0.6) is 11.5 Å². The number of amides is 1. The third-order valence-corrected chi connectivity index (χ3v) is 3.76. The number of benzene rings is 2. The topological polar surface area (TPSA) is 90.7 Å². The lowest BCUT2D eigenvalue weighted by Crippen LogP contribution is -2.20. The molecule has 0 atom stereocenters. The average molecular weight is 371 g/mol. The van der Waals surface area contributed by atoms with E-state index in [4.69, 9.17) is 32.7 Å². The van der Waals surface area contributed by atoms with E-state index >= 15 is 0 Å². The van der Waals surface area contributed by atoms with Crippen LogP contribution in [0.2, 0.25) is 10.0 Å². The molecule has 1 amide bonds. The largest absolute Gasteiger partial charge is 0.490 e. The number of nitrogens with one attached hydrogen (secondary N) is 1. The minimum absolute atomic E-state index is 0.0378. The van der Waals surface area contributed by atoms with Gasteiger partial charge in [0.05, 0.1) is 27.8 Å². The number of nitro benzene ring substituents is 1. The van der Waals surface area contributed by atoms with Gasteiger partial charge in [-0.1, -0.05) is 29.3 Å². The molecule has 1 N–H and O–H groups in total. The van der Waals surface area contributed by atoms with Crippen molar-refractivity contribution in [2.75, 3.05) is 19.0 Å². The Morgan fingerprint density at radius 2 is 2.04 bits per heavy atom. The lowest BCUT2D eigenvalue weighted by molar-refractivity contribution is -0.385. The predicted molar refractivity (Wildman–Crippen MR) is 90.2 cm³/mol. The van der Waals surface area contributed by atoms with Gasteiger partial charge in [-0.3, -0.25) is 14.9 Å². The Morgan fingerprint density at radius 3 is 2.71 bits per heavy atom. The first-order chi connectivity index (χ1) is 11.4. The van der Waals surface area contributed by atoms with Gasteiger partial charge in [0.25, 0.3) is 5.91 Å². The summed E-state index contributed by atoms with van der Waals surface area (Å²) in [5.74, 6) is -0.169. The molecule has 0 heterocycles. The van der Waals surface area contributed by atoms with Crippen LogP contribution in [-0.4, -0.2) is 24.5 Å². The molecule has 0 bridgehead atoms. The molecule has 0 aromatic heterocycles. The number of anilines is 1. The van der Waals surface area contributed by atoms with Gasteiger partial charge in [-0.2, -0.15) is 0 Å². The summed E-state index contributed by atoms with van der Waals surface area (Å²) in [6.45, 7) is -0.316. The standard InChI is InChI=1S/C15H12Cl2N2O5/c1-23-13-7-9(5-6-12(13)19(21)22)24-8-14(20)18-11-4-2-3-10(16)15(11)17/h2-7H,8H2,1H3,(H,18,20). The number of nitro groups is 1. The second-order valence-electron chi connectivity index (χ2n) is 4.53. The van der Waals surface area contributed by atoms with Gasteiger partial charge < -0.3 is 14.8 Å². The minimum atomic E-state index is -0.573. The number of carbonyl (C=O) groups excluding carboxylic acids is 1. The van der Waals surface area contributed by atoms with Crippen molar-refractivity contribution in [2.45, 2.75) is 0 Å². The number of hydrogen-bond donors (Lipinski definition) is 1. The molecule has 0 saturated carbocycles. The van der Waals surface area contributed by atoms with Crippen molar-refractivity contribution < 1.29 is 19.2 Å². The molecule has 9 heteroatoms. The smallest absolute Gasteiger partial charge is 0.311 e. The minimum Gasteiger partial charge on any atom is -0.490 e. The number of rotatable bonds is 6. The molecule has 0 spiro atoms. The molecule has 0 radical (unpaired) electrons. The molecule has 0 fully saturated rings. The monoisotopic (exact) mass is 370 g/mol. The highest BCUT2D eigenvalue weighted by atomic mass is 35.5. The normalized spacial score (nSPS) is 10.1. The fraction of sp³-hybridized carbons (Fsp3) is 0.133. The number of carbonyl (C=O) groups is 1. The molecule has 2 rings (SSSR count). The molecule has 2 aromatic rings. The Hall–Kier alpha value is -2.51. The van der Waals surface area contributed by atoms with E-state index in [1.165, 1.54) is 25.3 Å². The summed E-state index contributed by atoms with van der Waals surface area (Å²) in [7, 11) is 1.31. The highest BCUT2D eigenvalue weighted by Crippen LogP contribution is 2.31. The fourth-order valence-electron chi connectivity index (χ4n) is 1.83. The van der Waals surface area contributed by atoms with E-state index in [2.05, 4.69) is 5.32 Å². The maximum absolute atomic E-state index is 11.9. The number of methoxy groups -OCH3 is 1. The predicted octanol–water partition coefficient (Wildman–Crippen LogP) is 3.93. The van der Waals surface area contributed by atoms with Crippen molar-refractivity contribution in [2.24, 2.45) is 0 Å². The molecule has 0 aliphatic heterocycles. The third kappa shape index (κ3) is 4.27. The Morgan fingerprint density at radius 1 is 1.29 bits per heavy atom. The molecule has 0 aliphatic carbocycles. The molecule has 0 unspecified atom stereocenters. The number of hydrogen-bond acceptors (Lipinski definition) is 5. The van der Waals surface area contributed by atoms with Gasteiger partial charge in [0, 0.05) is 12.1 Å². The van der Waals surface area contributed by atoms with E-state index in [1.54, 1.807) is 18.2 Å². The van der Waals surface area contributed by atoms with Crippen molar-refractivity contribution in [1.82, 2.24) is 0 Å². The first-order valence-corrected chi connectivity index (χ1v) is 7.37. The summed E-state index contributed by atoms with van der Waals surface area (Å²) in [5, 5.41) is 13.9. The zero-order valence-electron chi connectivity index (χ0n) is 12.4. The van der Waals surface area contributed by atoms with Crippen LogP contribution >= 0.6 is 23.2 Å². The van der Waals surface area contributed by atoms with Gasteiger partial charge in [-0.05, 0) is 18.2 Å². The second-order valence-corrected chi connectivity index (χ2v) is 5.31. The van der Waals surface area contributed by atoms with E-state index in [0.29, 0.717) is 10.7 Å². The van der Waals surface area contributed by atoms with Crippen molar-refractivity contribution in [3.63, 3.8) is 0 Å². The van der Waals surface area contributed by atoms with Crippen molar-refractivity contribution >= 4 is 40.5 Å². The molecule has 7 nitrogen and oxygen atoms in total. The molecule has 2 aromatic carbocycles. The zero-order chi connectivity index (χ0) is 17.7. The molecule has 126 valence electrons. The number of ether oxygens (including phenoxy) is 2. The van der Waals surface area contributed by atoms with E-state index < -0.39 is 10.8 Å². The third-order valence-electron chi connectivity index (χ3n) is 2.94. The molecule has 0 saturated heterocycles. The fourth-order valence-corrected chi connectivity index (χ4v) is 2.18. The lowest BCUT2D eigenvalue weighted by Gasteiger charge is -2.10. The van der Waals surface area contributed by atoms with Crippen LogP contribution in [0.25, 0.3) is 0 Å². The Bertz CT molecular complexity index is 782. The Labute approximate surface area is 147 Å². The maximum atomic E-state index is 11.9. The summed E-state index contributed by atoms with van der Waals surface area (Å²) >= 11 is 11.8. The summed E-state index contributed by atoms with van der Waals surface area (Å²) in [4.78, 5) is 22.1. The van der Waals surface area contributed by atoms with Crippen LogP contribution in [-0.2, 0) is 4.79 Å². The highest BCUT2D eigenvalue weighted by Gasteiger charge is 2.16. The van der Waals surface area contributed by atoms with Gasteiger partial charge in [0.2, 0.25) is 5.75 Å². The first kappa shape index (κ1) is 17.8. The average Bonchev–Trinajstić information content (AvgIpc) is 2.56. The number of nitrogens with zero attached hydrogens (tertiary/aromatic N) is 1. The molecular weight excluding hydrogens is 359 g/mol. The number of halogens is 2. The molecule has 0 aliphatic rings. The second kappa shape index (κ2) is 7.85. The van der Waals surface area contributed by atoms with E-state index in [9.17, 15) is 14.9 Å². The molecule has 24 heavy (non-hydrogen) atoms. The van der Waals surface area contributed by atoms with Gasteiger partial charge in [0.1, 0.15) is 5.75 Å². The first-order valence-electron chi connectivity index (χ1n) is 6.61. The van der Waals surface area contributed by atoms with Gasteiger partial charge >= 0.3 is 5.69 Å². The molecular formula is C15H12Cl2N2O5. The Kier molecular flexibility index (Phi) is 5.83. The summed E-state index contributed by atoms with van der Waals surface area (Å²) < 4.78 is 10.2. The highest BCUT2D eigenvalue weighted by molar-refractivity contribution is 6.43. The van der Waals surface area contributed by atoms with Crippen molar-refractivity contribution in [3.05, 3.63) is 56.6 Å². The van der Waals surface area contributed by atoms with Crippen LogP contribution in [0.15, 0.2) is 36.4 Å². The van der Waals surface area contributed by atoms with Gasteiger partial charge in [-0.25, -0.2) is 0 Å². The van der Waals surface area contributed by atoms with Gasteiger partial charge in [-0.15, -0.1) is 0 Å². The maximum Gasteiger partial charge on any atom is 0.311 e. The van der Waals surface area contributed by atoms with E-state index in [0.717, 1.165) is 0 Å². The SMILES string of the molecule is COc1cc(OCC(=O)Nc2cccc(Cl)c2Cl)ccc1[N+](=O)[O-]. The Balaban J connectivity index is 2.01. The van der Waals surface area contributed by atoms with Crippen molar-refractivity contribution in [1.29, 1.82) is 0 Å². The summed E-state index contributed by atoms with van der Waals surface area (Å²) in [6, 6.07) is 8.78. The van der Waals surface area contributed by atoms with E-state index in [1.807, 2.05) is 0 Å². The van der Waals surface area contributed by atoms with Crippen LogP contribution in [0.3, 0.4) is 0 Å². The van der Waals surface area contributed by atoms with Crippen LogP contribution in [0.1, 0.15) is 0 Å². The summed E-state index contributed by atoms with van der Waals surface area (Å²) in [6.07, 6.45) is 0. The van der Waals surface area contributed by atoms with Gasteiger partial charge in [0.15, 0.2) is 6.61 Å². The lowest BCUT2D eigenvalue weighted by atomic mass is 10.3. The van der Waals surface area contributed by atoms with Crippen LogP contribution in [0, 0.1) is 10.1 Å². The summed E-state index contributed by atoms with van der Waals surface area (Å²) in [5.41, 5.74) is 0.166. The van der Waals surface area contributed by atoms with Crippen molar-refractivity contribution in [3.8, 4) is 11.5 Å². The van der Waals surface area contributed by atoms with E-state index in [-0.39, 0.29) is 28.8 Å². The van der Waals surface area contributed by atoms with Crippen LogP contribution < -0.4 is 14.8 Å². The quantitative estimate of drug-likeness (QED) is 0.614. The van der Waals surface area contributed by atoms with Crippen LogP contribution in [0.4, 0.5) is 11.4 Å². The zero-order valence-corrected chi connectivity index (χ0v) is 13.9.